The summed E-state index contributed by atoms with van der Waals surface area (Å²) in [5.41, 5.74) is 3.05. The summed E-state index contributed by atoms with van der Waals surface area (Å²) in [6.07, 6.45) is 4.65. The lowest BCUT2D eigenvalue weighted by atomic mass is 10.1. The highest BCUT2D eigenvalue weighted by molar-refractivity contribution is 9.11. The van der Waals surface area contributed by atoms with Crippen LogP contribution in [-0.4, -0.2) is 17.6 Å². The van der Waals surface area contributed by atoms with Crippen molar-refractivity contribution in [3.63, 3.8) is 0 Å². The van der Waals surface area contributed by atoms with Crippen LogP contribution >= 0.6 is 31.9 Å². The molecule has 26 heavy (non-hydrogen) atoms. The van der Waals surface area contributed by atoms with E-state index in [1.807, 2.05) is 43.3 Å². The molecule has 0 atom stereocenters. The van der Waals surface area contributed by atoms with E-state index in [0.717, 1.165) is 32.3 Å². The topological polar surface area (TPSA) is 58.6 Å². The van der Waals surface area contributed by atoms with E-state index in [0.29, 0.717) is 18.8 Å². The number of allylic oxidation sites excluding steroid dienone is 1. The van der Waals surface area contributed by atoms with Crippen LogP contribution in [0.2, 0.25) is 0 Å². The van der Waals surface area contributed by atoms with E-state index in [1.165, 1.54) is 0 Å². The molecule has 2 rings (SSSR count). The second-order valence-corrected chi connectivity index (χ2v) is 7.43. The van der Waals surface area contributed by atoms with Crippen LogP contribution in [0.25, 0.3) is 0 Å². The lowest BCUT2D eigenvalue weighted by molar-refractivity contribution is -0.136. The van der Waals surface area contributed by atoms with E-state index < -0.39 is 5.97 Å². The van der Waals surface area contributed by atoms with Crippen LogP contribution in [0.3, 0.4) is 0 Å². The Morgan fingerprint density at radius 3 is 2.58 bits per heavy atom. The van der Waals surface area contributed by atoms with E-state index in [2.05, 4.69) is 49.3 Å². The van der Waals surface area contributed by atoms with Gasteiger partial charge < -0.3 is 15.2 Å². The Labute approximate surface area is 170 Å². The third kappa shape index (κ3) is 6.50. The fourth-order valence-corrected chi connectivity index (χ4v) is 3.88. The molecule has 0 aliphatic heterocycles. The highest BCUT2D eigenvalue weighted by atomic mass is 79.9. The number of benzene rings is 2. The highest BCUT2D eigenvalue weighted by Gasteiger charge is 2.10. The van der Waals surface area contributed by atoms with Gasteiger partial charge in [0.05, 0.1) is 8.95 Å². The summed E-state index contributed by atoms with van der Waals surface area (Å²) in [6, 6.07) is 11.9. The largest absolute Gasteiger partial charge is 0.487 e. The molecule has 2 N–H and O–H groups in total. The molecule has 6 heteroatoms. The van der Waals surface area contributed by atoms with Gasteiger partial charge in [-0.15, -0.1) is 0 Å². The van der Waals surface area contributed by atoms with E-state index in [9.17, 15) is 4.79 Å². The summed E-state index contributed by atoms with van der Waals surface area (Å²) in [7, 11) is 0. The minimum absolute atomic E-state index is 0.103. The number of carboxylic acid groups (broad SMARTS) is 1. The smallest absolute Gasteiger partial charge is 0.303 e. The van der Waals surface area contributed by atoms with Crippen molar-refractivity contribution in [1.29, 1.82) is 0 Å². The number of carbonyl (C=O) groups is 1. The molecule has 0 unspecified atom stereocenters. The van der Waals surface area contributed by atoms with Gasteiger partial charge in [0, 0.05) is 18.7 Å². The number of hydrogen-bond donors (Lipinski definition) is 2. The normalized spacial score (nSPS) is 10.9. The summed E-state index contributed by atoms with van der Waals surface area (Å²) < 4.78 is 7.56. The lowest BCUT2D eigenvalue weighted by Crippen LogP contribution is -2.02. The SMILES string of the molecule is C/C=C/CNc1cccc(COc2c(Br)cc(CCC(=O)O)cc2Br)c1. The van der Waals surface area contributed by atoms with Crippen LogP contribution in [0.5, 0.6) is 5.75 Å². The van der Waals surface area contributed by atoms with E-state index in [4.69, 9.17) is 9.84 Å². The average molecular weight is 483 g/mol. The van der Waals surface area contributed by atoms with Gasteiger partial charge in [0.25, 0.3) is 0 Å². The molecule has 0 aliphatic rings. The quantitative estimate of drug-likeness (QED) is 0.443. The monoisotopic (exact) mass is 481 g/mol. The van der Waals surface area contributed by atoms with Crippen LogP contribution in [-0.2, 0) is 17.8 Å². The number of aliphatic carboxylic acids is 1. The molecule has 0 spiro atoms. The Hall–Kier alpha value is -1.79. The zero-order valence-electron chi connectivity index (χ0n) is 14.5. The third-order valence-electron chi connectivity index (χ3n) is 3.66. The Morgan fingerprint density at radius 1 is 1.19 bits per heavy atom. The Balaban J connectivity index is 2.02. The number of nitrogens with one attached hydrogen (secondary N) is 1. The number of aryl methyl sites for hydroxylation is 1. The van der Waals surface area contributed by atoms with Crippen molar-refractivity contribution in [2.45, 2.75) is 26.4 Å². The molecule has 2 aromatic carbocycles. The molecule has 0 fully saturated rings. The number of halogens is 2. The van der Waals surface area contributed by atoms with E-state index in [-0.39, 0.29) is 6.42 Å². The van der Waals surface area contributed by atoms with Gasteiger partial charge in [-0.1, -0.05) is 24.3 Å². The van der Waals surface area contributed by atoms with Crippen LogP contribution in [0, 0.1) is 0 Å². The van der Waals surface area contributed by atoms with Crippen LogP contribution in [0.4, 0.5) is 5.69 Å². The summed E-state index contributed by atoms with van der Waals surface area (Å²) >= 11 is 7.03. The van der Waals surface area contributed by atoms with Gasteiger partial charge in [-0.25, -0.2) is 0 Å². The zero-order chi connectivity index (χ0) is 18.9. The van der Waals surface area contributed by atoms with Crippen LogP contribution in [0.1, 0.15) is 24.5 Å². The highest BCUT2D eigenvalue weighted by Crippen LogP contribution is 2.35. The first-order valence-electron chi connectivity index (χ1n) is 8.26. The first-order valence-corrected chi connectivity index (χ1v) is 9.84. The maximum absolute atomic E-state index is 10.7. The molecule has 0 saturated carbocycles. The van der Waals surface area contributed by atoms with Gasteiger partial charge in [-0.2, -0.15) is 0 Å². The van der Waals surface area contributed by atoms with Crippen molar-refractivity contribution in [3.05, 3.63) is 68.6 Å². The molecule has 4 nitrogen and oxygen atoms in total. The third-order valence-corrected chi connectivity index (χ3v) is 4.83. The minimum Gasteiger partial charge on any atom is -0.487 e. The lowest BCUT2D eigenvalue weighted by Gasteiger charge is -2.13. The molecule has 0 bridgehead atoms. The van der Waals surface area contributed by atoms with Crippen LogP contribution < -0.4 is 10.1 Å². The first-order chi connectivity index (χ1) is 12.5. The fourth-order valence-electron chi connectivity index (χ4n) is 2.37. The summed E-state index contributed by atoms with van der Waals surface area (Å²) in [6.45, 7) is 3.22. The Morgan fingerprint density at radius 2 is 1.92 bits per heavy atom. The van der Waals surface area contributed by atoms with Crippen molar-refractivity contribution in [2.75, 3.05) is 11.9 Å². The van der Waals surface area contributed by atoms with Gasteiger partial charge >= 0.3 is 5.97 Å². The average Bonchev–Trinajstić information content (AvgIpc) is 2.60. The van der Waals surface area contributed by atoms with Gasteiger partial charge in [0.2, 0.25) is 0 Å². The standard InChI is InChI=1S/C20H21Br2NO3/c1-2-3-9-23-16-6-4-5-15(10-16)13-26-20-17(21)11-14(12-18(20)22)7-8-19(24)25/h2-6,10-12,23H,7-9,13H2,1H3,(H,24,25)/b3-2+. The van der Waals surface area contributed by atoms with Crippen molar-refractivity contribution < 1.29 is 14.6 Å². The molecule has 2 aromatic rings. The molecule has 0 aromatic heterocycles. The van der Waals surface area contributed by atoms with Gasteiger partial charge in [-0.3, -0.25) is 4.79 Å². The molecular weight excluding hydrogens is 462 g/mol. The number of hydrogen-bond acceptors (Lipinski definition) is 3. The van der Waals surface area contributed by atoms with Crippen molar-refractivity contribution in [1.82, 2.24) is 0 Å². The second-order valence-electron chi connectivity index (χ2n) is 5.72. The number of ether oxygens (including phenoxy) is 1. The van der Waals surface area contributed by atoms with E-state index in [1.54, 1.807) is 0 Å². The predicted molar refractivity (Wildman–Crippen MR) is 112 cm³/mol. The molecule has 0 radical (unpaired) electrons. The van der Waals surface area contributed by atoms with Gasteiger partial charge in [0.1, 0.15) is 12.4 Å². The van der Waals surface area contributed by atoms with Gasteiger partial charge in [-0.05, 0) is 80.6 Å². The van der Waals surface area contributed by atoms with Crippen molar-refractivity contribution in [2.24, 2.45) is 0 Å². The summed E-state index contributed by atoms with van der Waals surface area (Å²) in [5.74, 6) is -0.100. The summed E-state index contributed by atoms with van der Waals surface area (Å²) in [4.78, 5) is 10.7. The Bertz CT molecular complexity index is 767. The zero-order valence-corrected chi connectivity index (χ0v) is 17.6. The maximum atomic E-state index is 10.7. The minimum atomic E-state index is -0.805. The molecule has 0 aliphatic carbocycles. The number of carboxylic acids is 1. The number of anilines is 1. The van der Waals surface area contributed by atoms with E-state index >= 15 is 0 Å². The molecule has 0 amide bonds. The van der Waals surface area contributed by atoms with Crippen LogP contribution in [0.15, 0.2) is 57.5 Å². The first kappa shape index (κ1) is 20.5. The van der Waals surface area contributed by atoms with Crippen molar-refractivity contribution in [3.8, 4) is 5.75 Å². The molecule has 138 valence electrons. The van der Waals surface area contributed by atoms with Gasteiger partial charge in [0.15, 0.2) is 0 Å². The summed E-state index contributed by atoms with van der Waals surface area (Å²) in [5, 5.41) is 12.1. The molecule has 0 saturated heterocycles. The fraction of sp³-hybridized carbons (Fsp3) is 0.250. The van der Waals surface area contributed by atoms with Crippen molar-refractivity contribution >= 4 is 43.5 Å². The maximum Gasteiger partial charge on any atom is 0.303 e. The molecule has 0 heterocycles. The number of rotatable bonds is 9. The second kappa shape index (κ2) is 10.4. The predicted octanol–water partition coefficient (Wildman–Crippen LogP) is 5.80. The Kier molecular flexibility index (Phi) is 8.19. The molecular formula is C20H21Br2NO3.